The highest BCUT2D eigenvalue weighted by atomic mass is 32.2. The molecule has 2 heterocycles. The highest BCUT2D eigenvalue weighted by Crippen LogP contribution is 2.36. The molecule has 0 radical (unpaired) electrons. The van der Waals surface area contributed by atoms with Crippen molar-refractivity contribution in [3.05, 3.63) is 70.9 Å². The number of aromatic nitrogens is 2. The molecule has 1 amide bonds. The van der Waals surface area contributed by atoms with Crippen molar-refractivity contribution in [3.63, 3.8) is 0 Å². The van der Waals surface area contributed by atoms with Gasteiger partial charge in [0.2, 0.25) is 0 Å². The largest absolute Gasteiger partial charge is 0.478 e. The van der Waals surface area contributed by atoms with Gasteiger partial charge in [-0.25, -0.2) is 4.79 Å². The van der Waals surface area contributed by atoms with E-state index in [1.165, 1.54) is 28.8 Å². The number of aromatic carboxylic acids is 1. The van der Waals surface area contributed by atoms with Gasteiger partial charge in [0.25, 0.3) is 5.91 Å². The van der Waals surface area contributed by atoms with Crippen molar-refractivity contribution in [2.24, 2.45) is 0 Å². The van der Waals surface area contributed by atoms with E-state index < -0.39 is 5.97 Å². The molecule has 4 rings (SSSR count). The van der Waals surface area contributed by atoms with E-state index in [0.29, 0.717) is 20.4 Å². The van der Waals surface area contributed by atoms with Gasteiger partial charge in [-0.05, 0) is 30.3 Å². The number of thiocarbonyl (C=S) groups is 1. The molecular formula is C19H11N3O3S2. The molecule has 1 N–H and O–H groups in total. The zero-order valence-electron chi connectivity index (χ0n) is 13.7. The molecule has 1 aliphatic heterocycles. The van der Waals surface area contributed by atoms with E-state index in [1.54, 1.807) is 30.6 Å². The summed E-state index contributed by atoms with van der Waals surface area (Å²) in [5.74, 6) is -1.36. The van der Waals surface area contributed by atoms with E-state index >= 15 is 0 Å². The molecule has 0 saturated carbocycles. The predicted molar refractivity (Wildman–Crippen MR) is 109 cm³/mol. The number of fused-ring (bicyclic) bond motifs is 1. The zero-order chi connectivity index (χ0) is 19.0. The maximum Gasteiger partial charge on any atom is 0.335 e. The van der Waals surface area contributed by atoms with Crippen LogP contribution in [-0.2, 0) is 4.79 Å². The van der Waals surface area contributed by atoms with Gasteiger partial charge in [-0.1, -0.05) is 42.2 Å². The minimum absolute atomic E-state index is 0.0925. The number of carbonyl (C=O) groups is 2. The third-order valence-corrected chi connectivity index (χ3v) is 5.26. The van der Waals surface area contributed by atoms with Gasteiger partial charge in [0.1, 0.15) is 0 Å². The summed E-state index contributed by atoms with van der Waals surface area (Å²) in [6, 6.07) is 11.7. The highest BCUT2D eigenvalue weighted by Gasteiger charge is 2.33. The lowest BCUT2D eigenvalue weighted by molar-refractivity contribution is -0.113. The average Bonchev–Trinajstić information content (AvgIpc) is 2.95. The molecule has 27 heavy (non-hydrogen) atoms. The second-order valence-corrected chi connectivity index (χ2v) is 7.32. The Hall–Kier alpha value is -3.10. The van der Waals surface area contributed by atoms with E-state index in [-0.39, 0.29) is 11.5 Å². The first kappa shape index (κ1) is 17.3. The number of nitrogens with zero attached hydrogens (tertiary/aromatic N) is 3. The lowest BCUT2D eigenvalue weighted by atomic mass is 10.1. The third kappa shape index (κ3) is 3.20. The molecule has 2 aromatic carbocycles. The Bertz CT molecular complexity index is 1140. The van der Waals surface area contributed by atoms with Crippen LogP contribution in [0.1, 0.15) is 15.9 Å². The Morgan fingerprint density at radius 3 is 2.74 bits per heavy atom. The molecule has 0 atom stereocenters. The standard InChI is InChI=1S/C19H11N3O3S2/c23-17-15(10-11-3-2-6-14-16(11)21-8-7-20-14)27-19(26)22(17)13-5-1-4-12(9-13)18(24)25/h1-10H,(H,24,25)/b15-10-. The van der Waals surface area contributed by atoms with Crippen molar-refractivity contribution >= 4 is 63.0 Å². The normalized spacial score (nSPS) is 15.7. The fourth-order valence-corrected chi connectivity index (χ4v) is 4.03. The summed E-state index contributed by atoms with van der Waals surface area (Å²) in [6.07, 6.45) is 4.95. The summed E-state index contributed by atoms with van der Waals surface area (Å²) in [5.41, 5.74) is 2.71. The minimum Gasteiger partial charge on any atom is -0.478 e. The molecule has 0 spiro atoms. The van der Waals surface area contributed by atoms with Gasteiger partial charge in [0.15, 0.2) is 4.32 Å². The third-order valence-electron chi connectivity index (χ3n) is 3.96. The molecule has 3 aromatic rings. The van der Waals surface area contributed by atoms with E-state index in [2.05, 4.69) is 9.97 Å². The maximum atomic E-state index is 12.9. The highest BCUT2D eigenvalue weighted by molar-refractivity contribution is 8.27. The van der Waals surface area contributed by atoms with Crippen molar-refractivity contribution in [2.75, 3.05) is 4.90 Å². The summed E-state index contributed by atoms with van der Waals surface area (Å²) >= 11 is 6.52. The number of para-hydroxylation sites is 1. The van der Waals surface area contributed by atoms with Crippen LogP contribution in [0, 0.1) is 0 Å². The number of thioether (sulfide) groups is 1. The number of hydrogen-bond donors (Lipinski definition) is 1. The first-order valence-corrected chi connectivity index (χ1v) is 9.08. The molecule has 132 valence electrons. The van der Waals surface area contributed by atoms with Gasteiger partial charge in [-0.15, -0.1) is 0 Å². The van der Waals surface area contributed by atoms with Crippen LogP contribution >= 0.6 is 24.0 Å². The number of rotatable bonds is 3. The fourth-order valence-electron chi connectivity index (χ4n) is 2.74. The Morgan fingerprint density at radius 1 is 1.15 bits per heavy atom. The number of carboxylic acids is 1. The van der Waals surface area contributed by atoms with E-state index in [4.69, 9.17) is 17.3 Å². The Balaban J connectivity index is 1.74. The molecule has 8 heteroatoms. The molecule has 0 unspecified atom stereocenters. The summed E-state index contributed by atoms with van der Waals surface area (Å²) < 4.78 is 0.347. The molecule has 0 aliphatic carbocycles. The average molecular weight is 393 g/mol. The number of amides is 1. The fraction of sp³-hybridized carbons (Fsp3) is 0. The van der Waals surface area contributed by atoms with Gasteiger partial charge in [0.05, 0.1) is 27.2 Å². The lowest BCUT2D eigenvalue weighted by Gasteiger charge is -2.14. The number of benzene rings is 2. The molecule has 0 bridgehead atoms. The Morgan fingerprint density at radius 2 is 1.93 bits per heavy atom. The van der Waals surface area contributed by atoms with Crippen LogP contribution in [0.15, 0.2) is 59.8 Å². The molecular weight excluding hydrogens is 382 g/mol. The summed E-state index contributed by atoms with van der Waals surface area (Å²) in [6.45, 7) is 0. The predicted octanol–water partition coefficient (Wildman–Crippen LogP) is 3.73. The summed E-state index contributed by atoms with van der Waals surface area (Å²) in [7, 11) is 0. The Labute approximate surface area is 163 Å². The first-order valence-electron chi connectivity index (χ1n) is 7.85. The topological polar surface area (TPSA) is 83.4 Å². The molecule has 1 aromatic heterocycles. The summed E-state index contributed by atoms with van der Waals surface area (Å²) in [4.78, 5) is 34.5. The molecule has 1 aliphatic rings. The smallest absolute Gasteiger partial charge is 0.335 e. The second kappa shape index (κ2) is 6.90. The first-order chi connectivity index (χ1) is 13.0. The van der Waals surface area contributed by atoms with Gasteiger partial charge >= 0.3 is 5.97 Å². The van der Waals surface area contributed by atoms with E-state index in [0.717, 1.165) is 11.1 Å². The second-order valence-electron chi connectivity index (χ2n) is 5.64. The van der Waals surface area contributed by atoms with Crippen LogP contribution in [0.25, 0.3) is 17.1 Å². The van der Waals surface area contributed by atoms with Crippen molar-refractivity contribution in [2.45, 2.75) is 0 Å². The number of anilines is 1. The molecule has 1 fully saturated rings. The van der Waals surface area contributed by atoms with Crippen molar-refractivity contribution in [3.8, 4) is 0 Å². The quantitative estimate of drug-likeness (QED) is 0.536. The van der Waals surface area contributed by atoms with Crippen LogP contribution in [-0.4, -0.2) is 31.3 Å². The number of hydrogen-bond acceptors (Lipinski definition) is 6. The minimum atomic E-state index is -1.06. The van der Waals surface area contributed by atoms with Crippen molar-refractivity contribution in [1.82, 2.24) is 9.97 Å². The number of carboxylic acid groups (broad SMARTS) is 1. The van der Waals surface area contributed by atoms with Crippen LogP contribution in [0.5, 0.6) is 0 Å². The van der Waals surface area contributed by atoms with E-state index in [9.17, 15) is 9.59 Å². The summed E-state index contributed by atoms with van der Waals surface area (Å²) in [5, 5.41) is 9.17. The van der Waals surface area contributed by atoms with Gasteiger partial charge < -0.3 is 5.11 Å². The van der Waals surface area contributed by atoms with Gasteiger partial charge in [0, 0.05) is 18.0 Å². The maximum absolute atomic E-state index is 12.9. The van der Waals surface area contributed by atoms with Gasteiger partial charge in [-0.3, -0.25) is 19.7 Å². The Kier molecular flexibility index (Phi) is 4.43. The van der Waals surface area contributed by atoms with Crippen LogP contribution in [0.2, 0.25) is 0 Å². The van der Waals surface area contributed by atoms with Crippen molar-refractivity contribution in [1.29, 1.82) is 0 Å². The van der Waals surface area contributed by atoms with Crippen LogP contribution in [0.3, 0.4) is 0 Å². The SMILES string of the molecule is O=C(O)c1cccc(N2C(=O)/C(=C/c3cccc4nccnc34)SC2=S)c1. The van der Waals surface area contributed by atoms with Crippen LogP contribution in [0.4, 0.5) is 5.69 Å². The molecule has 6 nitrogen and oxygen atoms in total. The van der Waals surface area contributed by atoms with Gasteiger partial charge in [-0.2, -0.15) is 0 Å². The monoisotopic (exact) mass is 393 g/mol. The van der Waals surface area contributed by atoms with Crippen molar-refractivity contribution < 1.29 is 14.7 Å². The zero-order valence-corrected chi connectivity index (χ0v) is 15.3. The van der Waals surface area contributed by atoms with E-state index in [1.807, 2.05) is 18.2 Å². The van der Waals surface area contributed by atoms with Crippen LogP contribution < -0.4 is 4.90 Å². The molecule has 1 saturated heterocycles. The lowest BCUT2D eigenvalue weighted by Crippen LogP contribution is -2.27. The number of carbonyl (C=O) groups excluding carboxylic acids is 1.